The summed E-state index contributed by atoms with van der Waals surface area (Å²) in [5.41, 5.74) is 7.48. The summed E-state index contributed by atoms with van der Waals surface area (Å²) in [5, 5.41) is 3.29. The second-order valence-electron chi connectivity index (χ2n) is 9.48. The van der Waals surface area contributed by atoms with Gasteiger partial charge in [-0.3, -0.25) is 4.21 Å². The smallest absolute Gasteiger partial charge is 0.404 e. The fourth-order valence-electron chi connectivity index (χ4n) is 3.87. The van der Waals surface area contributed by atoms with Crippen LogP contribution in [0.15, 0.2) is 23.4 Å². The van der Waals surface area contributed by atoms with Gasteiger partial charge < -0.3 is 20.7 Å². The first-order valence-electron chi connectivity index (χ1n) is 11.4. The molecule has 3 N–H and O–H groups in total. The highest BCUT2D eigenvalue weighted by Gasteiger charge is 2.31. The minimum atomic E-state index is -1.17. The molecule has 0 aromatic carbocycles. The summed E-state index contributed by atoms with van der Waals surface area (Å²) in [5.74, 6) is 2.77. The van der Waals surface area contributed by atoms with E-state index in [1.54, 1.807) is 0 Å². The topological polar surface area (TPSA) is 136 Å². The average molecular weight is 486 g/mol. The lowest BCUT2D eigenvalue weighted by molar-refractivity contribution is 0.138. The van der Waals surface area contributed by atoms with Crippen LogP contribution in [0.4, 0.5) is 16.6 Å². The van der Waals surface area contributed by atoms with Crippen LogP contribution in [0, 0.1) is 0 Å². The normalized spacial score (nSPS) is 18.0. The Hall–Kier alpha value is -3.08. The van der Waals surface area contributed by atoms with Crippen molar-refractivity contribution in [2.24, 2.45) is 5.73 Å². The van der Waals surface area contributed by atoms with Crippen molar-refractivity contribution in [2.45, 2.75) is 56.9 Å². The first-order chi connectivity index (χ1) is 16.1. The van der Waals surface area contributed by atoms with E-state index >= 15 is 0 Å². The van der Waals surface area contributed by atoms with E-state index in [-0.39, 0.29) is 6.61 Å². The molecular formula is C23H31N7O3S. The van der Waals surface area contributed by atoms with E-state index in [9.17, 15) is 9.00 Å². The van der Waals surface area contributed by atoms with Crippen LogP contribution in [0.2, 0.25) is 0 Å². The molecule has 0 aliphatic carbocycles. The quantitative estimate of drug-likeness (QED) is 0.606. The van der Waals surface area contributed by atoms with Gasteiger partial charge in [0, 0.05) is 37.7 Å². The van der Waals surface area contributed by atoms with Gasteiger partial charge in [0.25, 0.3) is 0 Å². The van der Waals surface area contributed by atoms with Gasteiger partial charge >= 0.3 is 6.09 Å². The molecule has 1 atom stereocenters. The van der Waals surface area contributed by atoms with E-state index in [1.165, 1.54) is 0 Å². The monoisotopic (exact) mass is 485 g/mol. The maximum Gasteiger partial charge on any atom is 0.404 e. The molecule has 1 amide bonds. The third-order valence-corrected chi connectivity index (χ3v) is 7.28. The molecule has 0 bridgehead atoms. The Morgan fingerprint density at radius 2 is 2.00 bits per heavy atom. The van der Waals surface area contributed by atoms with Gasteiger partial charge in [-0.2, -0.15) is 4.98 Å². The number of ether oxygens (including phenoxy) is 1. The molecule has 4 rings (SSSR count). The van der Waals surface area contributed by atoms with Crippen LogP contribution in [0.1, 0.15) is 57.1 Å². The lowest BCUT2D eigenvalue weighted by Crippen LogP contribution is -2.39. The highest BCUT2D eigenvalue weighted by atomic mass is 32.2. The molecule has 2 aromatic heterocycles. The van der Waals surface area contributed by atoms with E-state index < -0.39 is 22.4 Å². The molecule has 0 saturated carbocycles. The molecule has 4 heterocycles. The van der Waals surface area contributed by atoms with Crippen molar-refractivity contribution in [1.82, 2.24) is 19.9 Å². The van der Waals surface area contributed by atoms with Crippen molar-refractivity contribution >= 4 is 34.2 Å². The Kier molecular flexibility index (Phi) is 6.83. The fraction of sp³-hybridized carbons (Fsp3) is 0.522. The molecule has 2 aliphatic rings. The van der Waals surface area contributed by atoms with Crippen molar-refractivity contribution < 1.29 is 13.7 Å². The lowest BCUT2D eigenvalue weighted by Gasteiger charge is -2.29. The molecule has 2 aromatic rings. The first kappa shape index (κ1) is 24.1. The number of nitrogens with zero attached hydrogens (tertiary/aromatic N) is 5. The minimum Gasteiger partial charge on any atom is -0.447 e. The number of aryl methyl sites for hydroxylation is 1. The Labute approximate surface area is 201 Å². The summed E-state index contributed by atoms with van der Waals surface area (Å²) in [6, 6.07) is 0. The third kappa shape index (κ3) is 5.35. The largest absolute Gasteiger partial charge is 0.447 e. The number of rotatable bonds is 7. The number of anilines is 2. The Morgan fingerprint density at radius 3 is 2.62 bits per heavy atom. The van der Waals surface area contributed by atoms with Crippen LogP contribution in [0.25, 0.3) is 5.57 Å². The summed E-state index contributed by atoms with van der Waals surface area (Å²) < 4.78 is 17.6. The molecular weight excluding hydrogens is 454 g/mol. The highest BCUT2D eigenvalue weighted by Crippen LogP contribution is 2.32. The zero-order chi connectivity index (χ0) is 24.5. The second kappa shape index (κ2) is 9.65. The van der Waals surface area contributed by atoms with E-state index in [1.807, 2.05) is 26.2 Å². The predicted octanol–water partition coefficient (Wildman–Crippen LogP) is 2.63. The molecule has 0 fully saturated rings. The maximum absolute atomic E-state index is 12.6. The van der Waals surface area contributed by atoms with E-state index in [4.69, 9.17) is 20.4 Å². The fourth-order valence-corrected chi connectivity index (χ4v) is 5.18. The van der Waals surface area contributed by atoms with Gasteiger partial charge in [0.1, 0.15) is 17.3 Å². The van der Waals surface area contributed by atoms with Gasteiger partial charge in [-0.15, -0.1) is 0 Å². The van der Waals surface area contributed by atoms with Crippen molar-refractivity contribution in [3.63, 3.8) is 0 Å². The van der Waals surface area contributed by atoms with Gasteiger partial charge in [0.15, 0.2) is 5.82 Å². The van der Waals surface area contributed by atoms with Crippen molar-refractivity contribution in [2.75, 3.05) is 35.7 Å². The molecule has 0 spiro atoms. The van der Waals surface area contributed by atoms with Crippen LogP contribution in [-0.2, 0) is 22.0 Å². The number of nitrogens with two attached hydrogens (primary N) is 1. The van der Waals surface area contributed by atoms with Gasteiger partial charge in [-0.1, -0.05) is 19.9 Å². The van der Waals surface area contributed by atoms with Gasteiger partial charge in [0.05, 0.1) is 22.0 Å². The summed E-state index contributed by atoms with van der Waals surface area (Å²) in [6.45, 7) is 9.37. The van der Waals surface area contributed by atoms with Crippen molar-refractivity contribution in [3.05, 3.63) is 35.6 Å². The van der Waals surface area contributed by atoms with E-state index in [0.29, 0.717) is 41.3 Å². The molecule has 34 heavy (non-hydrogen) atoms. The van der Waals surface area contributed by atoms with Crippen molar-refractivity contribution in [3.8, 4) is 0 Å². The second-order valence-corrected chi connectivity index (χ2v) is 11.0. The number of aromatic nitrogens is 4. The molecule has 182 valence electrons. The van der Waals surface area contributed by atoms with Gasteiger partial charge in [-0.25, -0.2) is 19.7 Å². The standard InChI is InChI=1S/C23H31N7O3S/c1-14(2)16-11-25-19(26-12-16)15-5-8-30(9-6-15)22-27-17-7-10-34(32)18(17)20(28-22)29-23(3,4)13-33-21(24)31/h5,11-12,14H,6-10,13H2,1-4H3,(H2,24,31)(H,27,28,29)/t34-/m0/s1. The third-order valence-electron chi connectivity index (χ3n) is 5.83. The summed E-state index contributed by atoms with van der Waals surface area (Å²) >= 11 is 0. The molecule has 10 nitrogen and oxygen atoms in total. The van der Waals surface area contributed by atoms with Crippen LogP contribution in [0.3, 0.4) is 0 Å². The summed E-state index contributed by atoms with van der Waals surface area (Å²) in [7, 11) is -1.17. The summed E-state index contributed by atoms with van der Waals surface area (Å²) in [4.78, 5) is 32.3. The number of hydrogen-bond acceptors (Lipinski definition) is 9. The zero-order valence-electron chi connectivity index (χ0n) is 20.0. The molecule has 0 unspecified atom stereocenters. The first-order valence-corrected chi connectivity index (χ1v) is 12.7. The zero-order valence-corrected chi connectivity index (χ0v) is 20.8. The predicted molar refractivity (Wildman–Crippen MR) is 131 cm³/mol. The van der Waals surface area contributed by atoms with Crippen molar-refractivity contribution in [1.29, 1.82) is 0 Å². The summed E-state index contributed by atoms with van der Waals surface area (Å²) in [6.07, 6.45) is 6.46. The van der Waals surface area contributed by atoms with Crippen LogP contribution < -0.4 is 16.0 Å². The molecule has 11 heteroatoms. The number of amides is 1. The molecule has 2 aliphatic heterocycles. The number of carbonyl (C=O) groups is 1. The maximum atomic E-state index is 12.6. The number of nitrogens with one attached hydrogen (secondary N) is 1. The van der Waals surface area contributed by atoms with E-state index in [2.05, 4.69) is 40.1 Å². The van der Waals surface area contributed by atoms with Crippen LogP contribution in [-0.4, -0.2) is 61.2 Å². The Bertz CT molecular complexity index is 1130. The Balaban J connectivity index is 1.55. The lowest BCUT2D eigenvalue weighted by atomic mass is 10.1. The number of hydrogen-bond donors (Lipinski definition) is 2. The number of carbonyl (C=O) groups excluding carboxylic acids is 1. The molecule has 0 radical (unpaired) electrons. The molecule has 0 saturated heterocycles. The average Bonchev–Trinajstić information content (AvgIpc) is 3.19. The van der Waals surface area contributed by atoms with Gasteiger partial charge in [-0.05, 0) is 37.3 Å². The Morgan fingerprint density at radius 1 is 1.26 bits per heavy atom. The minimum absolute atomic E-state index is 0.0501. The van der Waals surface area contributed by atoms with Crippen LogP contribution >= 0.6 is 0 Å². The van der Waals surface area contributed by atoms with Gasteiger partial charge in [0.2, 0.25) is 5.95 Å². The van der Waals surface area contributed by atoms with E-state index in [0.717, 1.165) is 35.6 Å². The number of fused-ring (bicyclic) bond motifs is 1. The number of primary amides is 1. The highest BCUT2D eigenvalue weighted by molar-refractivity contribution is 7.85. The van der Waals surface area contributed by atoms with Crippen LogP contribution in [0.5, 0.6) is 0 Å². The SMILES string of the molecule is CC(C)c1cnc(C2=CCN(c3nc4c(c(NC(C)(C)COC(N)=O)n3)[S@@](=O)CC4)CC2)nc1.